The first-order chi connectivity index (χ1) is 15.0. The molecule has 0 saturated heterocycles. The van der Waals surface area contributed by atoms with Crippen molar-refractivity contribution in [1.29, 1.82) is 0 Å². The number of aromatic amines is 1. The van der Waals surface area contributed by atoms with Crippen molar-refractivity contribution in [3.8, 4) is 22.5 Å². The van der Waals surface area contributed by atoms with E-state index in [1.165, 1.54) is 7.11 Å². The quantitative estimate of drug-likeness (QED) is 0.437. The molecule has 2 amide bonds. The smallest absolute Gasteiger partial charge is 0.330 e. The van der Waals surface area contributed by atoms with E-state index in [2.05, 4.69) is 25.3 Å². The number of nitrogens with one attached hydrogen (secondary N) is 3. The first-order valence-electron chi connectivity index (χ1n) is 9.67. The third kappa shape index (κ3) is 4.53. The van der Waals surface area contributed by atoms with Crippen LogP contribution in [-0.2, 0) is 20.7 Å². The van der Waals surface area contributed by atoms with Gasteiger partial charge >= 0.3 is 5.97 Å². The number of anilines is 1. The van der Waals surface area contributed by atoms with Crippen molar-refractivity contribution in [2.75, 3.05) is 19.0 Å². The summed E-state index contributed by atoms with van der Waals surface area (Å²) in [6, 6.07) is 12.9. The molecule has 31 heavy (non-hydrogen) atoms. The topological polar surface area (TPSA) is 113 Å². The van der Waals surface area contributed by atoms with Gasteiger partial charge in [0.25, 0.3) is 5.91 Å². The monoisotopic (exact) mass is 416 g/mol. The fourth-order valence-corrected chi connectivity index (χ4v) is 3.36. The summed E-state index contributed by atoms with van der Waals surface area (Å²) in [6.07, 6.45) is 4.64. The lowest BCUT2D eigenvalue weighted by Gasteiger charge is -2.11. The molecule has 1 aromatic carbocycles. The second-order valence-corrected chi connectivity index (χ2v) is 6.94. The first-order valence-corrected chi connectivity index (χ1v) is 9.67. The minimum Gasteiger partial charge on any atom is -0.466 e. The number of ether oxygens (including phenoxy) is 1. The van der Waals surface area contributed by atoms with Crippen molar-refractivity contribution in [2.24, 2.45) is 0 Å². The second kappa shape index (κ2) is 8.66. The van der Waals surface area contributed by atoms with Crippen LogP contribution in [0.15, 0.2) is 60.8 Å². The Labute approximate surface area is 178 Å². The molecule has 1 aliphatic rings. The maximum Gasteiger partial charge on any atom is 0.330 e. The first kappa shape index (κ1) is 20.1. The number of pyridine rings is 1. The van der Waals surface area contributed by atoms with Gasteiger partial charge in [-0.3, -0.25) is 14.6 Å². The van der Waals surface area contributed by atoms with Gasteiger partial charge in [0.2, 0.25) is 5.91 Å². The minimum absolute atomic E-state index is 0.0669. The van der Waals surface area contributed by atoms with Crippen LogP contribution >= 0.6 is 0 Å². The Morgan fingerprint density at radius 2 is 2.00 bits per heavy atom. The molecule has 156 valence electrons. The number of benzene rings is 1. The summed E-state index contributed by atoms with van der Waals surface area (Å²) >= 11 is 0. The van der Waals surface area contributed by atoms with Crippen LogP contribution in [0.3, 0.4) is 0 Å². The zero-order chi connectivity index (χ0) is 21.8. The van der Waals surface area contributed by atoms with Crippen LogP contribution in [0.1, 0.15) is 16.1 Å². The van der Waals surface area contributed by atoms with Crippen LogP contribution in [0.5, 0.6) is 0 Å². The van der Waals surface area contributed by atoms with Crippen molar-refractivity contribution in [3.05, 3.63) is 72.1 Å². The van der Waals surface area contributed by atoms with Crippen molar-refractivity contribution in [2.45, 2.75) is 6.42 Å². The molecule has 0 saturated carbocycles. The highest BCUT2D eigenvalue weighted by atomic mass is 16.5. The Kier molecular flexibility index (Phi) is 5.61. The number of nitrogens with zero attached hydrogens (tertiary/aromatic N) is 1. The zero-order valence-electron chi connectivity index (χ0n) is 16.8. The van der Waals surface area contributed by atoms with Crippen LogP contribution in [0.4, 0.5) is 5.69 Å². The molecule has 3 heterocycles. The van der Waals surface area contributed by atoms with Crippen LogP contribution < -0.4 is 10.6 Å². The lowest BCUT2D eigenvalue weighted by atomic mass is 10.1. The number of rotatable bonds is 5. The summed E-state index contributed by atoms with van der Waals surface area (Å²) in [5.74, 6) is -1.12. The van der Waals surface area contributed by atoms with Gasteiger partial charge in [-0.2, -0.15) is 0 Å². The number of carbonyl (C=O) groups excluding carboxylic acids is 3. The molecule has 0 unspecified atom stereocenters. The highest BCUT2D eigenvalue weighted by Crippen LogP contribution is 2.28. The van der Waals surface area contributed by atoms with E-state index in [-0.39, 0.29) is 5.91 Å². The number of amides is 2. The van der Waals surface area contributed by atoms with E-state index in [0.717, 1.165) is 46.8 Å². The van der Waals surface area contributed by atoms with Gasteiger partial charge in [0.05, 0.1) is 18.4 Å². The lowest BCUT2D eigenvalue weighted by Crippen LogP contribution is -2.31. The van der Waals surface area contributed by atoms with Crippen LogP contribution in [0.2, 0.25) is 0 Å². The van der Waals surface area contributed by atoms with Gasteiger partial charge in [0.15, 0.2) is 0 Å². The Morgan fingerprint density at radius 3 is 2.81 bits per heavy atom. The van der Waals surface area contributed by atoms with Gasteiger partial charge in [0.1, 0.15) is 0 Å². The van der Waals surface area contributed by atoms with Gasteiger partial charge in [-0.15, -0.1) is 0 Å². The van der Waals surface area contributed by atoms with Crippen molar-refractivity contribution < 1.29 is 19.1 Å². The number of methoxy groups -OCH3 is 1. The number of H-pyrrole nitrogens is 1. The van der Waals surface area contributed by atoms with Gasteiger partial charge in [-0.05, 0) is 30.3 Å². The highest BCUT2D eigenvalue weighted by Gasteiger charge is 2.20. The Balaban J connectivity index is 1.57. The average Bonchev–Trinajstić information content (AvgIpc) is 3.24. The van der Waals surface area contributed by atoms with Gasteiger partial charge < -0.3 is 20.4 Å². The predicted octanol–water partition coefficient (Wildman–Crippen LogP) is 2.70. The summed E-state index contributed by atoms with van der Waals surface area (Å²) < 4.78 is 4.47. The van der Waals surface area contributed by atoms with Crippen LogP contribution in [-0.4, -0.2) is 41.4 Å². The number of aromatic nitrogens is 2. The van der Waals surface area contributed by atoms with E-state index in [9.17, 15) is 14.4 Å². The lowest BCUT2D eigenvalue weighted by molar-refractivity contribution is -0.135. The molecule has 3 aromatic rings. The summed E-state index contributed by atoms with van der Waals surface area (Å²) in [7, 11) is 1.24. The number of hydrogen-bond donors (Lipinski definition) is 3. The fourth-order valence-electron chi connectivity index (χ4n) is 3.36. The van der Waals surface area contributed by atoms with Crippen LogP contribution in [0, 0.1) is 0 Å². The van der Waals surface area contributed by atoms with Crippen molar-refractivity contribution >= 4 is 23.5 Å². The highest BCUT2D eigenvalue weighted by molar-refractivity contribution is 6.02. The third-order valence-corrected chi connectivity index (χ3v) is 4.87. The fraction of sp³-hybridized carbons (Fsp3) is 0.130. The van der Waals surface area contributed by atoms with Crippen molar-refractivity contribution in [1.82, 2.24) is 15.3 Å². The molecule has 0 atom stereocenters. The van der Waals surface area contributed by atoms with E-state index in [1.54, 1.807) is 24.4 Å². The molecule has 2 aromatic heterocycles. The Hall–Kier alpha value is -4.20. The predicted molar refractivity (Wildman–Crippen MR) is 115 cm³/mol. The average molecular weight is 416 g/mol. The van der Waals surface area contributed by atoms with E-state index in [4.69, 9.17) is 0 Å². The number of hydrogen-bond acceptors (Lipinski definition) is 5. The Morgan fingerprint density at radius 1 is 1.13 bits per heavy atom. The summed E-state index contributed by atoms with van der Waals surface area (Å²) in [4.78, 5) is 42.9. The van der Waals surface area contributed by atoms with Gasteiger partial charge in [0, 0.05) is 59.5 Å². The van der Waals surface area contributed by atoms with Gasteiger partial charge in [-0.25, -0.2) is 4.79 Å². The summed E-state index contributed by atoms with van der Waals surface area (Å²) in [6.45, 7) is 0.626. The largest absolute Gasteiger partial charge is 0.466 e. The van der Waals surface area contributed by atoms with Crippen molar-refractivity contribution in [3.63, 3.8) is 0 Å². The zero-order valence-corrected chi connectivity index (χ0v) is 16.8. The minimum atomic E-state index is -0.603. The van der Waals surface area contributed by atoms with E-state index >= 15 is 0 Å². The molecule has 4 rings (SSSR count). The SMILES string of the molecule is COC(=O)C=CC(=O)Nc1cccc(-c2cc(-c3cc4c([nH]3)CCNC4=O)ccn2)c1. The number of esters is 1. The van der Waals surface area contributed by atoms with Gasteiger partial charge in [-0.1, -0.05) is 12.1 Å². The van der Waals surface area contributed by atoms with Crippen LogP contribution in [0.25, 0.3) is 22.5 Å². The standard InChI is InChI=1S/C23H20N4O4/c1-31-22(29)6-5-21(28)26-16-4-2-3-14(11-16)19-12-15(7-9-24-19)20-13-17-18(27-20)8-10-25-23(17)30/h2-7,9,11-13,27H,8,10H2,1H3,(H,25,30)(H,26,28). The molecular weight excluding hydrogens is 396 g/mol. The summed E-state index contributed by atoms with van der Waals surface area (Å²) in [5, 5.41) is 5.55. The third-order valence-electron chi connectivity index (χ3n) is 4.87. The molecular formula is C23H20N4O4. The normalized spacial score (nSPS) is 12.9. The number of carbonyl (C=O) groups is 3. The maximum atomic E-state index is 12.0. The molecule has 0 spiro atoms. The molecule has 0 fully saturated rings. The molecule has 8 nitrogen and oxygen atoms in total. The molecule has 8 heteroatoms. The summed E-state index contributed by atoms with van der Waals surface area (Å²) in [5.41, 5.74) is 5.45. The molecule has 0 aliphatic carbocycles. The van der Waals surface area contributed by atoms with E-state index in [1.807, 2.05) is 24.3 Å². The molecule has 0 radical (unpaired) electrons. The molecule has 1 aliphatic heterocycles. The second-order valence-electron chi connectivity index (χ2n) is 6.94. The van der Waals surface area contributed by atoms with E-state index in [0.29, 0.717) is 17.8 Å². The Bertz CT molecular complexity index is 1200. The molecule has 3 N–H and O–H groups in total. The molecule has 0 bridgehead atoms. The van der Waals surface area contributed by atoms with E-state index < -0.39 is 11.9 Å². The maximum absolute atomic E-state index is 12.0. The number of fused-ring (bicyclic) bond motifs is 1.